The van der Waals surface area contributed by atoms with E-state index < -0.39 is 0 Å². The third-order valence-corrected chi connectivity index (χ3v) is 4.06. The summed E-state index contributed by atoms with van der Waals surface area (Å²) >= 11 is 0. The average Bonchev–Trinajstić information content (AvgIpc) is 2.37. The Labute approximate surface area is 129 Å². The Hall–Kier alpha value is -1.63. The van der Waals surface area contributed by atoms with Gasteiger partial charge < -0.3 is 0 Å². The Morgan fingerprint density at radius 1 is 1.19 bits per heavy atom. The van der Waals surface area contributed by atoms with E-state index in [1.807, 2.05) is 19.1 Å². The average molecular weight is 283 g/mol. The summed E-state index contributed by atoms with van der Waals surface area (Å²) in [6, 6.07) is 0. The van der Waals surface area contributed by atoms with Gasteiger partial charge >= 0.3 is 0 Å². The normalized spacial score (nSPS) is 20.6. The molecule has 0 bridgehead atoms. The fraction of sp³-hybridized carbons (Fsp3) is 0.450. The molecule has 0 aliphatic heterocycles. The minimum atomic E-state index is 0.286. The summed E-state index contributed by atoms with van der Waals surface area (Å²) in [6.45, 7) is 10.9. The highest BCUT2D eigenvalue weighted by Gasteiger charge is 2.26. The molecule has 1 nitrogen and oxygen atoms in total. The summed E-state index contributed by atoms with van der Waals surface area (Å²) in [7, 11) is 0. The summed E-state index contributed by atoms with van der Waals surface area (Å²) in [4.78, 5) is 10.2. The van der Waals surface area contributed by atoms with E-state index in [2.05, 4.69) is 45.9 Å². The van der Waals surface area contributed by atoms with E-state index in [0.717, 1.165) is 5.57 Å². The number of hydrogen-bond donors (Lipinski definition) is 0. The molecule has 0 spiro atoms. The summed E-state index contributed by atoms with van der Waals surface area (Å²) in [5.41, 5.74) is 5.40. The zero-order valence-corrected chi connectivity index (χ0v) is 14.0. The first-order valence-electron chi connectivity index (χ1n) is 7.64. The zero-order valence-electron chi connectivity index (χ0n) is 14.0. The molecular formula is C20H27O. The van der Waals surface area contributed by atoms with Crippen molar-refractivity contribution >= 4 is 6.29 Å². The van der Waals surface area contributed by atoms with Crippen molar-refractivity contribution in [2.75, 3.05) is 0 Å². The molecule has 0 saturated heterocycles. The molecule has 0 atom stereocenters. The molecule has 1 aliphatic carbocycles. The standard InChI is InChI=1S/C20H27O/c1-16(8-6-9-17(2)13-15-21)11-12-19-18(3)10-7-14-20(19,4)5/h6,8-9,11-13H,7,10,14H2,1-5H3/b9-6?,12-11?,16-8?,17-13-. The van der Waals surface area contributed by atoms with Crippen LogP contribution in [0.2, 0.25) is 0 Å². The Morgan fingerprint density at radius 2 is 1.90 bits per heavy atom. The van der Waals surface area contributed by atoms with Crippen LogP contribution in [-0.2, 0) is 4.79 Å². The number of hydrogen-bond acceptors (Lipinski definition) is 1. The Bertz CT molecular complexity index is 522. The highest BCUT2D eigenvalue weighted by atomic mass is 16.1. The molecule has 0 unspecified atom stereocenters. The first kappa shape index (κ1) is 17.4. The van der Waals surface area contributed by atoms with Crippen molar-refractivity contribution in [3.63, 3.8) is 0 Å². The van der Waals surface area contributed by atoms with Gasteiger partial charge in [-0.15, -0.1) is 0 Å². The van der Waals surface area contributed by atoms with E-state index in [1.165, 1.54) is 42.1 Å². The highest BCUT2D eigenvalue weighted by molar-refractivity contribution is 5.67. The van der Waals surface area contributed by atoms with Gasteiger partial charge in [0.25, 0.3) is 0 Å². The van der Waals surface area contributed by atoms with Crippen LogP contribution in [0.4, 0.5) is 0 Å². The first-order chi connectivity index (χ1) is 9.86. The van der Waals surface area contributed by atoms with E-state index >= 15 is 0 Å². The van der Waals surface area contributed by atoms with Crippen molar-refractivity contribution in [3.8, 4) is 0 Å². The van der Waals surface area contributed by atoms with Crippen molar-refractivity contribution < 1.29 is 4.79 Å². The molecule has 0 N–H and O–H groups in total. The minimum absolute atomic E-state index is 0.286. The lowest BCUT2D eigenvalue weighted by molar-refractivity contribution is 0.377. The van der Waals surface area contributed by atoms with Gasteiger partial charge in [-0.3, -0.25) is 4.79 Å². The molecule has 21 heavy (non-hydrogen) atoms. The lowest BCUT2D eigenvalue weighted by atomic mass is 9.72. The third kappa shape index (κ3) is 5.71. The lowest BCUT2D eigenvalue weighted by Gasteiger charge is -2.32. The van der Waals surface area contributed by atoms with Gasteiger partial charge in [-0.25, -0.2) is 0 Å². The quantitative estimate of drug-likeness (QED) is 0.472. The second kappa shape index (κ2) is 7.97. The first-order valence-corrected chi connectivity index (χ1v) is 7.64. The summed E-state index contributed by atoms with van der Waals surface area (Å²) in [5, 5.41) is 0. The van der Waals surface area contributed by atoms with Gasteiger partial charge in [-0.2, -0.15) is 0 Å². The van der Waals surface area contributed by atoms with Gasteiger partial charge in [0.05, 0.1) is 0 Å². The third-order valence-electron chi connectivity index (χ3n) is 4.06. The Morgan fingerprint density at radius 3 is 2.52 bits per heavy atom. The molecule has 0 aromatic carbocycles. The lowest BCUT2D eigenvalue weighted by Crippen LogP contribution is -2.19. The van der Waals surface area contributed by atoms with Crippen LogP contribution in [0.25, 0.3) is 0 Å². The van der Waals surface area contributed by atoms with Gasteiger partial charge in [-0.05, 0) is 62.7 Å². The monoisotopic (exact) mass is 283 g/mol. The molecule has 0 fully saturated rings. The molecule has 1 aliphatic rings. The van der Waals surface area contributed by atoms with Crippen molar-refractivity contribution in [1.82, 2.24) is 0 Å². The Kier molecular flexibility index (Phi) is 6.61. The van der Waals surface area contributed by atoms with Gasteiger partial charge in [0, 0.05) is 0 Å². The van der Waals surface area contributed by atoms with E-state index in [4.69, 9.17) is 0 Å². The molecule has 113 valence electrons. The molecule has 0 heterocycles. The number of carbonyl (C=O) groups excluding carboxylic acids is 1. The number of allylic oxidation sites excluding steroid dienone is 10. The predicted octanol–water partition coefficient (Wildman–Crippen LogP) is 5.63. The molecule has 0 aromatic heterocycles. The molecule has 1 rings (SSSR count). The fourth-order valence-corrected chi connectivity index (χ4v) is 2.77. The molecular weight excluding hydrogens is 256 g/mol. The van der Waals surface area contributed by atoms with Crippen LogP contribution in [0.15, 0.2) is 58.7 Å². The predicted molar refractivity (Wildman–Crippen MR) is 91.8 cm³/mol. The topological polar surface area (TPSA) is 17.1 Å². The van der Waals surface area contributed by atoms with E-state index in [1.54, 1.807) is 6.29 Å². The van der Waals surface area contributed by atoms with Crippen LogP contribution >= 0.6 is 0 Å². The minimum Gasteiger partial charge on any atom is -0.286 e. The SMILES string of the molecule is CC(C=CC1=C(C)CCCC1(C)C)=CC=C/C(C)=C\[C]=O. The van der Waals surface area contributed by atoms with Gasteiger partial charge in [-0.1, -0.05) is 55.4 Å². The summed E-state index contributed by atoms with van der Waals surface area (Å²) in [5.74, 6) is 0. The maximum atomic E-state index is 10.2. The number of rotatable bonds is 5. The van der Waals surface area contributed by atoms with Crippen LogP contribution in [-0.4, -0.2) is 6.29 Å². The van der Waals surface area contributed by atoms with Crippen molar-refractivity contribution in [2.45, 2.75) is 53.9 Å². The van der Waals surface area contributed by atoms with Crippen LogP contribution < -0.4 is 0 Å². The van der Waals surface area contributed by atoms with E-state index in [0.29, 0.717) is 0 Å². The van der Waals surface area contributed by atoms with Crippen molar-refractivity contribution in [2.24, 2.45) is 5.41 Å². The van der Waals surface area contributed by atoms with Crippen molar-refractivity contribution in [3.05, 3.63) is 58.7 Å². The van der Waals surface area contributed by atoms with Gasteiger partial charge in [0.1, 0.15) is 0 Å². The smallest absolute Gasteiger partial charge is 0.225 e. The maximum absolute atomic E-state index is 10.2. The Balaban J connectivity index is 2.80. The highest BCUT2D eigenvalue weighted by Crippen LogP contribution is 2.40. The van der Waals surface area contributed by atoms with Gasteiger partial charge in [0.15, 0.2) is 0 Å². The maximum Gasteiger partial charge on any atom is 0.225 e. The second-order valence-electron chi connectivity index (χ2n) is 6.54. The molecule has 0 aromatic rings. The van der Waals surface area contributed by atoms with Gasteiger partial charge in [0.2, 0.25) is 6.29 Å². The molecule has 1 heteroatoms. The largest absolute Gasteiger partial charge is 0.286 e. The molecule has 0 saturated carbocycles. The fourth-order valence-electron chi connectivity index (χ4n) is 2.77. The van der Waals surface area contributed by atoms with Crippen molar-refractivity contribution in [1.29, 1.82) is 0 Å². The second-order valence-corrected chi connectivity index (χ2v) is 6.54. The molecule has 1 radical (unpaired) electrons. The van der Waals surface area contributed by atoms with Crippen LogP contribution in [0, 0.1) is 5.41 Å². The summed E-state index contributed by atoms with van der Waals surface area (Å²) in [6.07, 6.45) is 17.4. The zero-order chi connectivity index (χ0) is 15.9. The van der Waals surface area contributed by atoms with E-state index in [-0.39, 0.29) is 5.41 Å². The van der Waals surface area contributed by atoms with E-state index in [9.17, 15) is 4.79 Å². The van der Waals surface area contributed by atoms with Crippen LogP contribution in [0.5, 0.6) is 0 Å². The summed E-state index contributed by atoms with van der Waals surface area (Å²) < 4.78 is 0. The van der Waals surface area contributed by atoms with Crippen LogP contribution in [0.3, 0.4) is 0 Å². The molecule has 0 amide bonds. The van der Waals surface area contributed by atoms with Crippen LogP contribution in [0.1, 0.15) is 53.9 Å².